The van der Waals surface area contributed by atoms with Crippen molar-refractivity contribution < 1.29 is 4.79 Å². The Labute approximate surface area is 115 Å². The van der Waals surface area contributed by atoms with Crippen LogP contribution in [0.3, 0.4) is 0 Å². The molecule has 1 aliphatic rings. The van der Waals surface area contributed by atoms with Gasteiger partial charge in [-0.15, -0.1) is 0 Å². The molecular formula is C16H24N2O. The predicted octanol–water partition coefficient (Wildman–Crippen LogP) is 2.56. The van der Waals surface area contributed by atoms with Gasteiger partial charge in [0, 0.05) is 19.0 Å². The molecule has 0 saturated carbocycles. The Hall–Kier alpha value is -1.35. The van der Waals surface area contributed by atoms with Crippen LogP contribution in [0.5, 0.6) is 0 Å². The number of carbonyl (C=O) groups excluding carboxylic acids is 1. The normalized spacial score (nSPS) is 23.5. The lowest BCUT2D eigenvalue weighted by atomic mass is 9.94. The summed E-state index contributed by atoms with van der Waals surface area (Å²) in [5, 5.41) is 0. The van der Waals surface area contributed by atoms with E-state index >= 15 is 0 Å². The molecule has 2 N–H and O–H groups in total. The highest BCUT2D eigenvalue weighted by atomic mass is 16.2. The second kappa shape index (κ2) is 5.33. The molecular weight excluding hydrogens is 236 g/mol. The molecule has 19 heavy (non-hydrogen) atoms. The van der Waals surface area contributed by atoms with Gasteiger partial charge in [-0.05, 0) is 30.9 Å². The van der Waals surface area contributed by atoms with Crippen molar-refractivity contribution >= 4 is 5.91 Å². The van der Waals surface area contributed by atoms with E-state index in [0.29, 0.717) is 12.3 Å². The van der Waals surface area contributed by atoms with Crippen molar-refractivity contribution in [1.29, 1.82) is 0 Å². The Morgan fingerprint density at radius 1 is 1.37 bits per heavy atom. The van der Waals surface area contributed by atoms with Crippen LogP contribution in [0.2, 0.25) is 0 Å². The predicted molar refractivity (Wildman–Crippen MR) is 77.8 cm³/mol. The first kappa shape index (κ1) is 14.1. The van der Waals surface area contributed by atoms with Crippen molar-refractivity contribution in [3.63, 3.8) is 0 Å². The molecule has 3 nitrogen and oxygen atoms in total. The second-order valence-electron chi connectivity index (χ2n) is 6.11. The minimum Gasteiger partial charge on any atom is -0.334 e. The Bertz CT molecular complexity index is 482. The van der Waals surface area contributed by atoms with Crippen LogP contribution in [0.25, 0.3) is 0 Å². The summed E-state index contributed by atoms with van der Waals surface area (Å²) in [5.41, 5.74) is 9.87. The maximum Gasteiger partial charge on any atom is 0.224 e. The quantitative estimate of drug-likeness (QED) is 0.908. The molecule has 0 aliphatic carbocycles. The molecule has 0 radical (unpaired) electrons. The largest absolute Gasteiger partial charge is 0.334 e. The number of benzene rings is 1. The van der Waals surface area contributed by atoms with Crippen LogP contribution in [-0.2, 0) is 4.79 Å². The van der Waals surface area contributed by atoms with Crippen LogP contribution in [0.15, 0.2) is 18.2 Å². The highest BCUT2D eigenvalue weighted by Gasteiger charge is 2.39. The average Bonchev–Trinajstić information content (AvgIpc) is 2.57. The standard InChI is InChI=1S/C16H24N2O/c1-10(2)9-18-15(19)8-14(17)16(18)13-7-11(3)5-6-12(13)4/h5-7,10,14,16H,8-9,17H2,1-4H3. The van der Waals surface area contributed by atoms with Gasteiger partial charge in [0.2, 0.25) is 5.91 Å². The maximum atomic E-state index is 12.1. The number of rotatable bonds is 3. The van der Waals surface area contributed by atoms with Crippen LogP contribution in [-0.4, -0.2) is 23.4 Å². The van der Waals surface area contributed by atoms with Crippen molar-refractivity contribution in [2.45, 2.75) is 46.2 Å². The third kappa shape index (κ3) is 2.81. The highest BCUT2D eigenvalue weighted by Crippen LogP contribution is 2.34. The van der Waals surface area contributed by atoms with Crippen molar-refractivity contribution in [2.24, 2.45) is 11.7 Å². The summed E-state index contributed by atoms with van der Waals surface area (Å²) >= 11 is 0. The molecule has 1 aromatic carbocycles. The molecule has 1 heterocycles. The molecule has 3 heteroatoms. The first-order chi connectivity index (χ1) is 8.90. The van der Waals surface area contributed by atoms with Crippen LogP contribution < -0.4 is 5.73 Å². The molecule has 0 bridgehead atoms. The summed E-state index contributed by atoms with van der Waals surface area (Å²) in [5.74, 6) is 0.647. The van der Waals surface area contributed by atoms with Crippen molar-refractivity contribution in [3.8, 4) is 0 Å². The van der Waals surface area contributed by atoms with Crippen molar-refractivity contribution in [1.82, 2.24) is 4.90 Å². The molecule has 2 unspecified atom stereocenters. The first-order valence-electron chi connectivity index (χ1n) is 7.02. The monoisotopic (exact) mass is 260 g/mol. The lowest BCUT2D eigenvalue weighted by molar-refractivity contribution is -0.129. The van der Waals surface area contributed by atoms with Gasteiger partial charge in [0.25, 0.3) is 0 Å². The zero-order chi connectivity index (χ0) is 14.2. The van der Waals surface area contributed by atoms with Gasteiger partial charge in [-0.1, -0.05) is 37.6 Å². The minimum absolute atomic E-state index is 0.0369. The van der Waals surface area contributed by atoms with Gasteiger partial charge < -0.3 is 10.6 Å². The van der Waals surface area contributed by atoms with E-state index in [4.69, 9.17) is 5.73 Å². The summed E-state index contributed by atoms with van der Waals surface area (Å²) in [6.07, 6.45) is 0.463. The number of carbonyl (C=O) groups is 1. The van der Waals surface area contributed by atoms with E-state index in [1.165, 1.54) is 16.7 Å². The Kier molecular flexibility index (Phi) is 3.95. The zero-order valence-corrected chi connectivity index (χ0v) is 12.3. The van der Waals surface area contributed by atoms with E-state index in [1.54, 1.807) is 0 Å². The summed E-state index contributed by atoms with van der Waals surface area (Å²) in [7, 11) is 0. The lowest BCUT2D eigenvalue weighted by Crippen LogP contribution is -2.35. The summed E-state index contributed by atoms with van der Waals surface area (Å²) in [4.78, 5) is 14.1. The molecule has 104 valence electrons. The number of hydrogen-bond acceptors (Lipinski definition) is 2. The van der Waals surface area contributed by atoms with E-state index in [9.17, 15) is 4.79 Å². The third-order valence-electron chi connectivity index (χ3n) is 3.79. The zero-order valence-electron chi connectivity index (χ0n) is 12.3. The summed E-state index contributed by atoms with van der Waals surface area (Å²) < 4.78 is 0. The fourth-order valence-electron chi connectivity index (χ4n) is 2.90. The SMILES string of the molecule is Cc1ccc(C)c(C2C(N)CC(=O)N2CC(C)C)c1. The highest BCUT2D eigenvalue weighted by molar-refractivity contribution is 5.80. The van der Waals surface area contributed by atoms with E-state index < -0.39 is 0 Å². The summed E-state index contributed by atoms with van der Waals surface area (Å²) in [6, 6.07) is 6.34. The Balaban J connectivity index is 2.39. The van der Waals surface area contributed by atoms with Crippen LogP contribution >= 0.6 is 0 Å². The van der Waals surface area contributed by atoms with E-state index in [2.05, 4.69) is 45.9 Å². The number of hydrogen-bond donors (Lipinski definition) is 1. The summed E-state index contributed by atoms with van der Waals surface area (Å²) in [6.45, 7) is 9.23. The number of aryl methyl sites for hydroxylation is 2. The van der Waals surface area contributed by atoms with Crippen molar-refractivity contribution in [3.05, 3.63) is 34.9 Å². The molecule has 1 fully saturated rings. The number of nitrogens with two attached hydrogens (primary N) is 1. The molecule has 0 aromatic heterocycles. The fourth-order valence-corrected chi connectivity index (χ4v) is 2.90. The first-order valence-corrected chi connectivity index (χ1v) is 7.02. The van der Waals surface area contributed by atoms with Gasteiger partial charge in [0.15, 0.2) is 0 Å². The van der Waals surface area contributed by atoms with E-state index in [-0.39, 0.29) is 18.0 Å². The van der Waals surface area contributed by atoms with Gasteiger partial charge in [0.1, 0.15) is 0 Å². The van der Waals surface area contributed by atoms with E-state index in [1.807, 2.05) is 4.90 Å². The molecule has 1 saturated heterocycles. The Morgan fingerprint density at radius 3 is 2.68 bits per heavy atom. The minimum atomic E-state index is -0.0910. The molecule has 2 atom stereocenters. The maximum absolute atomic E-state index is 12.1. The number of amides is 1. The van der Waals surface area contributed by atoms with E-state index in [0.717, 1.165) is 6.54 Å². The molecule has 1 aliphatic heterocycles. The fraction of sp³-hybridized carbons (Fsp3) is 0.562. The molecule has 1 aromatic rings. The van der Waals surface area contributed by atoms with Gasteiger partial charge in [-0.3, -0.25) is 4.79 Å². The van der Waals surface area contributed by atoms with Crippen LogP contribution in [0.4, 0.5) is 0 Å². The molecule has 0 spiro atoms. The van der Waals surface area contributed by atoms with Gasteiger partial charge >= 0.3 is 0 Å². The smallest absolute Gasteiger partial charge is 0.224 e. The number of nitrogens with zero attached hydrogens (tertiary/aromatic N) is 1. The lowest BCUT2D eigenvalue weighted by Gasteiger charge is -2.30. The third-order valence-corrected chi connectivity index (χ3v) is 3.79. The van der Waals surface area contributed by atoms with Gasteiger partial charge in [-0.2, -0.15) is 0 Å². The van der Waals surface area contributed by atoms with Crippen LogP contribution in [0, 0.1) is 19.8 Å². The molecule has 1 amide bonds. The Morgan fingerprint density at radius 2 is 2.05 bits per heavy atom. The van der Waals surface area contributed by atoms with Gasteiger partial charge in [0.05, 0.1) is 6.04 Å². The second-order valence-corrected chi connectivity index (χ2v) is 6.11. The average molecular weight is 260 g/mol. The topological polar surface area (TPSA) is 46.3 Å². The van der Waals surface area contributed by atoms with Gasteiger partial charge in [-0.25, -0.2) is 0 Å². The number of likely N-dealkylation sites (tertiary alicyclic amines) is 1. The molecule has 2 rings (SSSR count). The van der Waals surface area contributed by atoms with Crippen molar-refractivity contribution in [2.75, 3.05) is 6.54 Å². The van der Waals surface area contributed by atoms with Crippen LogP contribution in [0.1, 0.15) is 43.0 Å².